The van der Waals surface area contributed by atoms with Crippen LogP contribution in [0.1, 0.15) is 29.6 Å². The van der Waals surface area contributed by atoms with Gasteiger partial charge in [-0.3, -0.25) is 14.5 Å². The fraction of sp³-hybridized carbons (Fsp3) is 0.318. The van der Waals surface area contributed by atoms with Crippen molar-refractivity contribution in [2.75, 3.05) is 4.90 Å². The molecular weight excluding hydrogens is 422 g/mol. The van der Waals surface area contributed by atoms with Crippen LogP contribution in [0.4, 0.5) is 5.69 Å². The van der Waals surface area contributed by atoms with E-state index in [1.54, 1.807) is 48.5 Å². The molecule has 2 saturated carbocycles. The van der Waals surface area contributed by atoms with Crippen LogP contribution in [-0.4, -0.2) is 17.8 Å². The fourth-order valence-corrected chi connectivity index (χ4v) is 5.34. The Bertz CT molecular complexity index is 941. The molecule has 4 atom stereocenters. The molecule has 1 heterocycles. The Kier molecular flexibility index (Phi) is 4.12. The highest BCUT2D eigenvalue weighted by molar-refractivity contribution is 9.10. The molecule has 2 amide bonds. The number of ether oxygens (including phenoxy) is 1. The topological polar surface area (TPSA) is 63.7 Å². The number of hydrogen-bond acceptors (Lipinski definition) is 4. The van der Waals surface area contributed by atoms with E-state index in [9.17, 15) is 14.4 Å². The van der Waals surface area contributed by atoms with E-state index < -0.39 is 5.97 Å². The Labute approximate surface area is 170 Å². The molecule has 5 nitrogen and oxygen atoms in total. The second kappa shape index (κ2) is 6.55. The van der Waals surface area contributed by atoms with E-state index in [0.717, 1.165) is 23.7 Å². The van der Waals surface area contributed by atoms with E-state index in [1.165, 1.54) is 4.90 Å². The number of carbonyl (C=O) groups excluding carboxylic acids is 3. The second-order valence-corrected chi connectivity index (χ2v) is 8.70. The number of carbonyl (C=O) groups is 3. The minimum atomic E-state index is -0.459. The van der Waals surface area contributed by atoms with Crippen molar-refractivity contribution in [3.8, 4) is 5.75 Å². The zero-order valence-corrected chi connectivity index (χ0v) is 16.6. The minimum Gasteiger partial charge on any atom is -0.423 e. The van der Waals surface area contributed by atoms with E-state index in [1.807, 2.05) is 0 Å². The Hall–Kier alpha value is -2.47. The first kappa shape index (κ1) is 17.6. The van der Waals surface area contributed by atoms with Crippen molar-refractivity contribution in [3.05, 3.63) is 58.6 Å². The maximum absolute atomic E-state index is 12.9. The first-order chi connectivity index (χ1) is 13.5. The van der Waals surface area contributed by atoms with Gasteiger partial charge in [-0.25, -0.2) is 4.79 Å². The summed E-state index contributed by atoms with van der Waals surface area (Å²) in [4.78, 5) is 39.3. The van der Waals surface area contributed by atoms with Crippen molar-refractivity contribution < 1.29 is 19.1 Å². The number of rotatable bonds is 3. The molecule has 1 saturated heterocycles. The highest BCUT2D eigenvalue weighted by Crippen LogP contribution is 2.56. The molecule has 0 spiro atoms. The van der Waals surface area contributed by atoms with Crippen molar-refractivity contribution in [2.24, 2.45) is 23.7 Å². The van der Waals surface area contributed by atoms with E-state index in [2.05, 4.69) is 15.9 Å². The summed E-state index contributed by atoms with van der Waals surface area (Å²) in [6.07, 6.45) is 3.14. The minimum absolute atomic E-state index is 0.0678. The molecule has 0 N–H and O–H groups in total. The number of benzene rings is 2. The zero-order valence-electron chi connectivity index (χ0n) is 15.0. The van der Waals surface area contributed by atoms with Gasteiger partial charge in [0, 0.05) is 4.47 Å². The summed E-state index contributed by atoms with van der Waals surface area (Å²) < 4.78 is 6.27. The monoisotopic (exact) mass is 439 g/mol. The maximum Gasteiger partial charge on any atom is 0.343 e. The number of imide groups is 1. The average Bonchev–Trinajstić information content (AvgIpc) is 3.37. The number of halogens is 1. The zero-order chi connectivity index (χ0) is 19.4. The summed E-state index contributed by atoms with van der Waals surface area (Å²) >= 11 is 3.33. The lowest BCUT2D eigenvalue weighted by molar-refractivity contribution is -0.123. The number of fused-ring (bicyclic) bond motifs is 5. The summed E-state index contributed by atoms with van der Waals surface area (Å²) in [5.74, 6) is 0.229. The van der Waals surface area contributed by atoms with Gasteiger partial charge in [-0.15, -0.1) is 0 Å². The number of amides is 2. The maximum atomic E-state index is 12.9. The van der Waals surface area contributed by atoms with Gasteiger partial charge in [0.2, 0.25) is 11.8 Å². The molecule has 0 radical (unpaired) electrons. The number of hydrogen-bond donors (Lipinski definition) is 0. The van der Waals surface area contributed by atoms with E-state index in [4.69, 9.17) is 4.74 Å². The summed E-state index contributed by atoms with van der Waals surface area (Å²) in [5.41, 5.74) is 0.993. The number of nitrogens with zero attached hydrogens (tertiary/aromatic N) is 1. The predicted molar refractivity (Wildman–Crippen MR) is 106 cm³/mol. The molecule has 5 rings (SSSR count). The van der Waals surface area contributed by atoms with Crippen LogP contribution >= 0.6 is 15.9 Å². The van der Waals surface area contributed by atoms with Crippen LogP contribution < -0.4 is 9.64 Å². The third-order valence-electron chi connectivity index (χ3n) is 6.31. The molecule has 28 heavy (non-hydrogen) atoms. The van der Waals surface area contributed by atoms with Crippen molar-refractivity contribution in [1.82, 2.24) is 0 Å². The Morgan fingerprint density at radius 1 is 0.893 bits per heavy atom. The van der Waals surface area contributed by atoms with E-state index in [-0.39, 0.29) is 23.7 Å². The number of esters is 1. The lowest BCUT2D eigenvalue weighted by Gasteiger charge is -2.19. The van der Waals surface area contributed by atoms with Gasteiger partial charge in [0.15, 0.2) is 0 Å². The molecule has 2 aromatic carbocycles. The molecule has 6 heteroatoms. The van der Waals surface area contributed by atoms with Crippen LogP contribution in [0.15, 0.2) is 53.0 Å². The normalized spacial score (nSPS) is 28.0. The average molecular weight is 440 g/mol. The quantitative estimate of drug-likeness (QED) is 0.408. The summed E-state index contributed by atoms with van der Waals surface area (Å²) in [5, 5.41) is 0. The third-order valence-corrected chi connectivity index (χ3v) is 6.84. The standard InChI is InChI=1S/C22H18BrNO4/c23-15-5-3-12(4-6-15)22(27)28-17-9-7-16(8-10-17)24-20(25)18-13-1-2-14(11-13)19(18)21(24)26/h3-10,13-14,18-19H,1-2,11H2/t13-,14-,18-,19+/m0/s1. The molecule has 0 unspecified atom stereocenters. The van der Waals surface area contributed by atoms with Gasteiger partial charge in [-0.2, -0.15) is 0 Å². The van der Waals surface area contributed by atoms with Crippen molar-refractivity contribution >= 4 is 39.4 Å². The van der Waals surface area contributed by atoms with Gasteiger partial charge < -0.3 is 4.74 Å². The number of anilines is 1. The van der Waals surface area contributed by atoms with Gasteiger partial charge in [-0.1, -0.05) is 15.9 Å². The molecule has 2 bridgehead atoms. The first-order valence-electron chi connectivity index (χ1n) is 9.48. The second-order valence-electron chi connectivity index (χ2n) is 7.79. The SMILES string of the molecule is O=C(Oc1ccc(N2C(=O)[C@@H]3[C@H]4CC[C@@H](C4)[C@@H]3C2=O)cc1)c1ccc(Br)cc1. The van der Waals surface area contributed by atoms with Crippen LogP contribution in [0.3, 0.4) is 0 Å². The van der Waals surface area contributed by atoms with Crippen LogP contribution in [0.25, 0.3) is 0 Å². The van der Waals surface area contributed by atoms with Gasteiger partial charge in [-0.05, 0) is 79.6 Å². The lowest BCUT2D eigenvalue weighted by atomic mass is 9.81. The lowest BCUT2D eigenvalue weighted by Crippen LogP contribution is -2.32. The van der Waals surface area contributed by atoms with E-state index in [0.29, 0.717) is 28.8 Å². The summed E-state index contributed by atoms with van der Waals surface area (Å²) in [7, 11) is 0. The van der Waals surface area contributed by atoms with Gasteiger partial charge in [0.1, 0.15) is 5.75 Å². The Balaban J connectivity index is 1.33. The van der Waals surface area contributed by atoms with Crippen LogP contribution in [0, 0.1) is 23.7 Å². The van der Waals surface area contributed by atoms with Crippen LogP contribution in [-0.2, 0) is 9.59 Å². The van der Waals surface area contributed by atoms with Gasteiger partial charge in [0.05, 0.1) is 23.1 Å². The Morgan fingerprint density at radius 2 is 1.46 bits per heavy atom. The van der Waals surface area contributed by atoms with Gasteiger partial charge >= 0.3 is 5.97 Å². The van der Waals surface area contributed by atoms with Crippen LogP contribution in [0.2, 0.25) is 0 Å². The van der Waals surface area contributed by atoms with Crippen LogP contribution in [0.5, 0.6) is 5.75 Å². The van der Waals surface area contributed by atoms with Crippen molar-refractivity contribution in [3.63, 3.8) is 0 Å². The largest absolute Gasteiger partial charge is 0.423 e. The molecule has 3 aliphatic rings. The molecule has 3 fully saturated rings. The van der Waals surface area contributed by atoms with E-state index >= 15 is 0 Å². The summed E-state index contributed by atoms with van der Waals surface area (Å²) in [6, 6.07) is 13.5. The molecular formula is C22H18BrNO4. The molecule has 2 aromatic rings. The highest BCUT2D eigenvalue weighted by Gasteiger charge is 2.61. The van der Waals surface area contributed by atoms with Crippen molar-refractivity contribution in [2.45, 2.75) is 19.3 Å². The molecule has 2 aliphatic carbocycles. The molecule has 142 valence electrons. The fourth-order valence-electron chi connectivity index (χ4n) is 5.08. The van der Waals surface area contributed by atoms with Crippen molar-refractivity contribution in [1.29, 1.82) is 0 Å². The predicted octanol–water partition coefficient (Wildman–Crippen LogP) is 4.20. The Morgan fingerprint density at radius 3 is 2.04 bits per heavy atom. The van der Waals surface area contributed by atoms with Gasteiger partial charge in [0.25, 0.3) is 0 Å². The molecule has 0 aromatic heterocycles. The third kappa shape index (κ3) is 2.70. The molecule has 1 aliphatic heterocycles. The smallest absolute Gasteiger partial charge is 0.343 e. The first-order valence-corrected chi connectivity index (χ1v) is 10.3. The highest BCUT2D eigenvalue weighted by atomic mass is 79.9. The summed E-state index contributed by atoms with van der Waals surface area (Å²) in [6.45, 7) is 0.